The summed E-state index contributed by atoms with van der Waals surface area (Å²) in [6.45, 7) is 7.40. The van der Waals surface area contributed by atoms with Gasteiger partial charge in [0, 0.05) is 38.8 Å². The maximum Gasteiger partial charge on any atom is 0.416 e. The molecule has 0 radical (unpaired) electrons. The number of rotatable bonds is 5. The van der Waals surface area contributed by atoms with Crippen LogP contribution in [0.5, 0.6) is 0 Å². The van der Waals surface area contributed by atoms with Gasteiger partial charge in [0.15, 0.2) is 5.13 Å². The number of hydrazine groups is 1. The second-order valence-corrected chi connectivity index (χ2v) is 8.14. The molecular formula is C17H20F3N5O3S. The molecule has 0 amide bonds. The van der Waals surface area contributed by atoms with E-state index < -0.39 is 33.3 Å². The lowest BCUT2D eigenvalue weighted by Gasteiger charge is -2.35. The summed E-state index contributed by atoms with van der Waals surface area (Å²) in [5.41, 5.74) is 0.437. The van der Waals surface area contributed by atoms with Crippen LogP contribution in [0.15, 0.2) is 16.9 Å². The number of aromatic nitrogens is 1. The summed E-state index contributed by atoms with van der Waals surface area (Å²) in [6, 6.07) is 1.10. The summed E-state index contributed by atoms with van der Waals surface area (Å²) in [5.74, 6) is 0.488. The van der Waals surface area contributed by atoms with Crippen LogP contribution in [0.1, 0.15) is 19.4 Å². The molecule has 0 unspecified atom stereocenters. The van der Waals surface area contributed by atoms with Gasteiger partial charge in [0.25, 0.3) is 11.2 Å². The van der Waals surface area contributed by atoms with E-state index in [-0.39, 0.29) is 9.83 Å². The molecule has 1 saturated heterocycles. The molecule has 1 aliphatic rings. The van der Waals surface area contributed by atoms with E-state index in [1.807, 2.05) is 4.90 Å². The normalized spacial score (nSPS) is 16.0. The molecule has 0 spiro atoms. The molecule has 0 bridgehead atoms. The number of anilines is 1. The molecule has 3 rings (SSSR count). The Morgan fingerprint density at radius 2 is 1.93 bits per heavy atom. The minimum atomic E-state index is -4.80. The van der Waals surface area contributed by atoms with E-state index in [4.69, 9.17) is 0 Å². The smallest absolute Gasteiger partial charge is 0.345 e. The molecule has 158 valence electrons. The van der Waals surface area contributed by atoms with Crippen molar-refractivity contribution in [2.24, 2.45) is 5.92 Å². The van der Waals surface area contributed by atoms with Crippen molar-refractivity contribution in [1.82, 2.24) is 15.4 Å². The monoisotopic (exact) mass is 431 g/mol. The largest absolute Gasteiger partial charge is 0.416 e. The third kappa shape index (κ3) is 4.82. The van der Waals surface area contributed by atoms with Gasteiger partial charge in [-0.25, -0.2) is 5.01 Å². The first-order valence-corrected chi connectivity index (χ1v) is 9.82. The zero-order valence-electron chi connectivity index (χ0n) is 15.8. The average molecular weight is 431 g/mol. The number of nitrogens with zero attached hydrogens (tertiary/aromatic N) is 4. The number of benzene rings is 1. The van der Waals surface area contributed by atoms with Crippen molar-refractivity contribution < 1.29 is 18.1 Å². The Labute approximate surface area is 168 Å². The van der Waals surface area contributed by atoms with E-state index in [1.165, 1.54) is 0 Å². The van der Waals surface area contributed by atoms with Crippen LogP contribution in [0.3, 0.4) is 0 Å². The van der Waals surface area contributed by atoms with Gasteiger partial charge in [-0.15, -0.1) is 0 Å². The van der Waals surface area contributed by atoms with Crippen molar-refractivity contribution in [3.05, 3.63) is 38.2 Å². The second-order valence-electron chi connectivity index (χ2n) is 7.16. The summed E-state index contributed by atoms with van der Waals surface area (Å²) >= 11 is 0.868. The third-order valence-electron chi connectivity index (χ3n) is 4.49. The number of alkyl halides is 3. The van der Waals surface area contributed by atoms with Crippen LogP contribution in [0, 0.1) is 16.0 Å². The first-order valence-electron chi connectivity index (χ1n) is 9.00. The summed E-state index contributed by atoms with van der Waals surface area (Å²) in [5, 5.41) is 13.3. The Hall–Kier alpha value is -2.31. The lowest BCUT2D eigenvalue weighted by molar-refractivity contribution is -0.383. The van der Waals surface area contributed by atoms with Crippen molar-refractivity contribution in [2.45, 2.75) is 20.0 Å². The van der Waals surface area contributed by atoms with Crippen molar-refractivity contribution in [3.63, 3.8) is 0 Å². The predicted octanol–water partition coefficient (Wildman–Crippen LogP) is 2.87. The first kappa shape index (κ1) is 21.4. The Morgan fingerprint density at radius 1 is 1.28 bits per heavy atom. The summed E-state index contributed by atoms with van der Waals surface area (Å²) in [4.78, 5) is 28.6. The van der Waals surface area contributed by atoms with Gasteiger partial charge in [0.2, 0.25) is 0 Å². The van der Waals surface area contributed by atoms with Crippen LogP contribution >= 0.6 is 11.3 Å². The van der Waals surface area contributed by atoms with E-state index in [1.54, 1.807) is 0 Å². The molecular weight excluding hydrogens is 411 g/mol. The highest BCUT2D eigenvalue weighted by molar-refractivity contribution is 7.22. The van der Waals surface area contributed by atoms with Crippen molar-refractivity contribution >= 4 is 32.2 Å². The fourth-order valence-corrected chi connectivity index (χ4v) is 4.06. The van der Waals surface area contributed by atoms with Gasteiger partial charge < -0.3 is 4.90 Å². The second kappa shape index (κ2) is 8.20. The van der Waals surface area contributed by atoms with Crippen LogP contribution in [0.2, 0.25) is 0 Å². The molecule has 1 aromatic heterocycles. The molecule has 8 nitrogen and oxygen atoms in total. The molecule has 1 N–H and O–H groups in total. The van der Waals surface area contributed by atoms with Crippen molar-refractivity contribution in [3.8, 4) is 0 Å². The summed E-state index contributed by atoms with van der Waals surface area (Å²) in [6.07, 6.45) is -4.80. The van der Waals surface area contributed by atoms with Gasteiger partial charge >= 0.3 is 6.18 Å². The number of piperazine rings is 1. The molecule has 0 saturated carbocycles. The van der Waals surface area contributed by atoms with Crippen molar-refractivity contribution in [1.29, 1.82) is 0 Å². The van der Waals surface area contributed by atoms with Crippen LogP contribution in [-0.4, -0.2) is 47.6 Å². The highest BCUT2D eigenvalue weighted by Crippen LogP contribution is 2.38. The van der Waals surface area contributed by atoms with E-state index in [9.17, 15) is 28.1 Å². The SMILES string of the molecule is CC(C)CNN1CCN(c2nc(=O)c3cc(C(F)(F)F)cc([N+](=O)[O-])c3s2)CC1. The summed E-state index contributed by atoms with van der Waals surface area (Å²) < 4.78 is 39.1. The van der Waals surface area contributed by atoms with Crippen LogP contribution in [0.25, 0.3) is 10.1 Å². The fourth-order valence-electron chi connectivity index (χ4n) is 2.94. The quantitative estimate of drug-likeness (QED) is 0.575. The number of hydrogen-bond acceptors (Lipinski definition) is 8. The minimum Gasteiger partial charge on any atom is -0.345 e. The lowest BCUT2D eigenvalue weighted by Crippen LogP contribution is -2.52. The number of nitro benzene ring substituents is 1. The highest BCUT2D eigenvalue weighted by Gasteiger charge is 2.34. The first-order chi connectivity index (χ1) is 13.6. The third-order valence-corrected chi connectivity index (χ3v) is 5.65. The Balaban J connectivity index is 1.93. The molecule has 2 aromatic rings. The molecule has 0 atom stereocenters. The molecule has 1 aromatic carbocycles. The molecule has 1 aliphatic heterocycles. The van der Waals surface area contributed by atoms with E-state index in [0.717, 1.165) is 17.9 Å². The zero-order chi connectivity index (χ0) is 21.3. The van der Waals surface area contributed by atoms with Gasteiger partial charge in [-0.3, -0.25) is 20.3 Å². The number of nitro groups is 1. The van der Waals surface area contributed by atoms with Gasteiger partial charge in [0.1, 0.15) is 4.70 Å². The van der Waals surface area contributed by atoms with Gasteiger partial charge in [-0.05, 0) is 12.0 Å². The lowest BCUT2D eigenvalue weighted by atomic mass is 10.1. The summed E-state index contributed by atoms with van der Waals surface area (Å²) in [7, 11) is 0. The number of non-ortho nitro benzene ring substituents is 1. The maximum atomic E-state index is 13.0. The number of hydrogen-bond donors (Lipinski definition) is 1. The van der Waals surface area contributed by atoms with E-state index >= 15 is 0 Å². The predicted molar refractivity (Wildman–Crippen MR) is 104 cm³/mol. The molecule has 2 heterocycles. The van der Waals surface area contributed by atoms with Crippen LogP contribution in [-0.2, 0) is 6.18 Å². The molecule has 12 heteroatoms. The Kier molecular flexibility index (Phi) is 6.05. The van der Waals surface area contributed by atoms with Crippen LogP contribution < -0.4 is 15.9 Å². The minimum absolute atomic E-state index is 0.0987. The molecule has 0 aliphatic carbocycles. The van der Waals surface area contributed by atoms with Gasteiger partial charge in [-0.1, -0.05) is 25.2 Å². The number of halogens is 3. The maximum absolute atomic E-state index is 13.0. The van der Waals surface area contributed by atoms with E-state index in [2.05, 4.69) is 29.3 Å². The highest BCUT2D eigenvalue weighted by atomic mass is 32.1. The topological polar surface area (TPSA) is 91.6 Å². The molecule has 29 heavy (non-hydrogen) atoms. The van der Waals surface area contributed by atoms with E-state index in [0.29, 0.717) is 44.2 Å². The average Bonchev–Trinajstić information content (AvgIpc) is 2.65. The van der Waals surface area contributed by atoms with Gasteiger partial charge in [0.05, 0.1) is 15.9 Å². The van der Waals surface area contributed by atoms with Crippen molar-refractivity contribution in [2.75, 3.05) is 37.6 Å². The van der Waals surface area contributed by atoms with Gasteiger partial charge in [-0.2, -0.15) is 18.2 Å². The zero-order valence-corrected chi connectivity index (χ0v) is 16.6. The standard InChI is InChI=1S/C17H20F3N5O3S/c1-10(2)9-21-24-5-3-23(4-6-24)16-22-15(26)12-7-11(17(18,19)20)8-13(25(27)28)14(12)29-16/h7-8,10,21H,3-6,9H2,1-2H3. The fraction of sp³-hybridized carbons (Fsp3) is 0.529. The Bertz CT molecular complexity index is 971. The number of fused-ring (bicyclic) bond motifs is 1. The number of nitrogens with one attached hydrogen (secondary N) is 1. The van der Waals surface area contributed by atoms with Crippen LogP contribution in [0.4, 0.5) is 24.0 Å². The Morgan fingerprint density at radius 3 is 2.48 bits per heavy atom. The molecule has 1 fully saturated rings.